The highest BCUT2D eigenvalue weighted by Gasteiger charge is 2.09. The molecule has 178 valence electrons. The Morgan fingerprint density at radius 3 is 2.40 bits per heavy atom. The van der Waals surface area contributed by atoms with Gasteiger partial charge in [0.05, 0.1) is 12.0 Å². The van der Waals surface area contributed by atoms with Crippen LogP contribution >= 0.6 is 46.5 Å². The van der Waals surface area contributed by atoms with Crippen LogP contribution in [0.4, 0.5) is 0 Å². The maximum atomic E-state index is 12.1. The van der Waals surface area contributed by atoms with Crippen molar-refractivity contribution in [3.63, 3.8) is 0 Å². The number of hydrazone groups is 1. The molecule has 35 heavy (non-hydrogen) atoms. The second-order valence-corrected chi connectivity index (χ2v) is 11.0. The maximum Gasteiger partial charge on any atom is 0.250 e. The van der Waals surface area contributed by atoms with Crippen LogP contribution in [0.2, 0.25) is 5.02 Å². The molecule has 1 heterocycles. The van der Waals surface area contributed by atoms with Gasteiger partial charge in [-0.15, -0.1) is 10.2 Å². The topological polar surface area (TPSA) is 76.5 Å². The van der Waals surface area contributed by atoms with Crippen molar-refractivity contribution in [1.82, 2.24) is 15.6 Å². The summed E-state index contributed by atoms with van der Waals surface area (Å²) in [6.45, 7) is 0.513. The summed E-state index contributed by atoms with van der Waals surface area (Å²) in [5.74, 6) is 1.56. The maximum absolute atomic E-state index is 12.1. The summed E-state index contributed by atoms with van der Waals surface area (Å²) in [6, 6.07) is 25.2. The summed E-state index contributed by atoms with van der Waals surface area (Å²) in [5.41, 5.74) is 5.67. The Bertz CT molecular complexity index is 1250. The zero-order valence-corrected chi connectivity index (χ0v) is 21.7. The lowest BCUT2D eigenvalue weighted by molar-refractivity contribution is -0.118. The highest BCUT2D eigenvalue weighted by molar-refractivity contribution is 8.03. The number of amides is 1. The number of hydrogen-bond donors (Lipinski definition) is 1. The van der Waals surface area contributed by atoms with E-state index in [4.69, 9.17) is 16.3 Å². The number of benzene rings is 3. The summed E-state index contributed by atoms with van der Waals surface area (Å²) in [5, 5.41) is 13.1. The quantitative estimate of drug-likeness (QED) is 0.136. The second kappa shape index (κ2) is 13.3. The number of aromatic nitrogens is 2. The molecule has 0 bridgehead atoms. The van der Waals surface area contributed by atoms with Crippen LogP contribution in [0.5, 0.6) is 5.75 Å². The summed E-state index contributed by atoms with van der Waals surface area (Å²) in [4.78, 5) is 12.1. The summed E-state index contributed by atoms with van der Waals surface area (Å²) in [7, 11) is 0. The summed E-state index contributed by atoms with van der Waals surface area (Å²) < 4.78 is 7.38. The lowest BCUT2D eigenvalue weighted by Gasteiger charge is -2.06. The van der Waals surface area contributed by atoms with Crippen molar-refractivity contribution < 1.29 is 9.53 Å². The number of rotatable bonds is 11. The van der Waals surface area contributed by atoms with Crippen LogP contribution in [0.15, 0.2) is 92.6 Å². The molecule has 1 N–H and O–H groups in total. The van der Waals surface area contributed by atoms with Gasteiger partial charge in [-0.25, -0.2) is 5.43 Å². The standard InChI is InChI=1S/C25H21ClN4O2S3/c26-21-10-6-20(7-11-21)16-33-24-29-30-25(35-24)34-17-23(31)28-27-14-18-8-12-22(13-9-18)32-15-19-4-2-1-3-5-19/h1-14H,15-17H2,(H,28,31)/b27-14-. The monoisotopic (exact) mass is 540 g/mol. The number of nitrogens with one attached hydrogen (secondary N) is 1. The average Bonchev–Trinajstić information content (AvgIpc) is 3.35. The molecule has 1 aromatic heterocycles. The van der Waals surface area contributed by atoms with Crippen LogP contribution in [0.3, 0.4) is 0 Å². The average molecular weight is 541 g/mol. The Hall–Kier alpha value is -2.85. The van der Waals surface area contributed by atoms with E-state index >= 15 is 0 Å². The number of thioether (sulfide) groups is 2. The zero-order chi connectivity index (χ0) is 24.3. The smallest absolute Gasteiger partial charge is 0.250 e. The second-order valence-electron chi connectivity index (χ2n) is 7.17. The predicted molar refractivity (Wildman–Crippen MR) is 145 cm³/mol. The van der Waals surface area contributed by atoms with Crippen LogP contribution in [0.25, 0.3) is 0 Å². The Labute approximate surface area is 221 Å². The SMILES string of the molecule is O=C(CSc1nnc(SCc2ccc(Cl)cc2)s1)N/N=C\c1ccc(OCc2ccccc2)cc1. The number of nitrogens with zero attached hydrogens (tertiary/aromatic N) is 3. The van der Waals surface area contributed by atoms with Gasteiger partial charge in [0.15, 0.2) is 8.68 Å². The van der Waals surface area contributed by atoms with E-state index in [-0.39, 0.29) is 11.7 Å². The van der Waals surface area contributed by atoms with E-state index in [0.717, 1.165) is 41.9 Å². The fourth-order valence-corrected chi connectivity index (χ4v) is 5.66. The predicted octanol–water partition coefficient (Wildman–Crippen LogP) is 6.31. The first kappa shape index (κ1) is 25.2. The van der Waals surface area contributed by atoms with Crippen molar-refractivity contribution in [3.05, 3.63) is 101 Å². The van der Waals surface area contributed by atoms with Gasteiger partial charge in [-0.3, -0.25) is 4.79 Å². The Balaban J connectivity index is 1.15. The van der Waals surface area contributed by atoms with Crippen molar-refractivity contribution in [1.29, 1.82) is 0 Å². The molecule has 6 nitrogen and oxygen atoms in total. The lowest BCUT2D eigenvalue weighted by atomic mass is 10.2. The van der Waals surface area contributed by atoms with Crippen LogP contribution in [-0.2, 0) is 17.2 Å². The molecular formula is C25H21ClN4O2S3. The van der Waals surface area contributed by atoms with E-state index in [1.54, 1.807) is 18.0 Å². The number of halogens is 1. The largest absolute Gasteiger partial charge is 0.489 e. The molecule has 0 fully saturated rings. The molecule has 0 saturated carbocycles. The fraction of sp³-hybridized carbons (Fsp3) is 0.120. The Kier molecular flexibility index (Phi) is 9.59. The van der Waals surface area contributed by atoms with Crippen molar-refractivity contribution in [3.8, 4) is 5.75 Å². The summed E-state index contributed by atoms with van der Waals surface area (Å²) >= 11 is 10.3. The van der Waals surface area contributed by atoms with Gasteiger partial charge >= 0.3 is 0 Å². The third-order valence-electron chi connectivity index (χ3n) is 4.52. The van der Waals surface area contributed by atoms with Crippen molar-refractivity contribution in [2.75, 3.05) is 5.75 Å². The van der Waals surface area contributed by atoms with Crippen LogP contribution in [0, 0.1) is 0 Å². The van der Waals surface area contributed by atoms with Gasteiger partial charge in [-0.2, -0.15) is 5.10 Å². The van der Waals surface area contributed by atoms with Gasteiger partial charge < -0.3 is 4.74 Å². The minimum atomic E-state index is -0.209. The molecule has 0 aliphatic rings. The molecule has 1 amide bonds. The Morgan fingerprint density at radius 2 is 1.66 bits per heavy atom. The molecule has 0 unspecified atom stereocenters. The van der Waals surface area contributed by atoms with Crippen LogP contribution in [0.1, 0.15) is 16.7 Å². The van der Waals surface area contributed by atoms with Gasteiger partial charge in [-0.1, -0.05) is 88.9 Å². The van der Waals surface area contributed by atoms with Crippen LogP contribution < -0.4 is 10.2 Å². The molecule has 0 saturated heterocycles. The van der Waals surface area contributed by atoms with E-state index in [9.17, 15) is 4.79 Å². The molecule has 10 heteroatoms. The first-order chi connectivity index (χ1) is 17.1. The van der Waals surface area contributed by atoms with Crippen molar-refractivity contribution >= 4 is 58.6 Å². The molecule has 4 rings (SSSR count). The van der Waals surface area contributed by atoms with Gasteiger partial charge in [-0.05, 0) is 53.1 Å². The van der Waals surface area contributed by atoms with E-state index < -0.39 is 0 Å². The molecule has 4 aromatic rings. The van der Waals surface area contributed by atoms with Gasteiger partial charge in [0.2, 0.25) is 0 Å². The number of carbonyl (C=O) groups is 1. The molecule has 3 aromatic carbocycles. The van der Waals surface area contributed by atoms with E-state index in [1.165, 1.54) is 23.1 Å². The Morgan fingerprint density at radius 1 is 0.943 bits per heavy atom. The molecule has 0 atom stereocenters. The molecule has 0 aliphatic heterocycles. The zero-order valence-electron chi connectivity index (χ0n) is 18.5. The highest BCUT2D eigenvalue weighted by atomic mass is 35.5. The van der Waals surface area contributed by atoms with Gasteiger partial charge in [0, 0.05) is 10.8 Å². The van der Waals surface area contributed by atoms with Gasteiger partial charge in [0.25, 0.3) is 5.91 Å². The number of hydrogen-bond acceptors (Lipinski definition) is 8. The molecule has 0 radical (unpaired) electrons. The van der Waals surface area contributed by atoms with Gasteiger partial charge in [0.1, 0.15) is 12.4 Å². The first-order valence-electron chi connectivity index (χ1n) is 10.6. The molecular weight excluding hydrogens is 520 g/mol. The summed E-state index contributed by atoms with van der Waals surface area (Å²) in [6.07, 6.45) is 1.60. The molecule has 0 aliphatic carbocycles. The highest BCUT2D eigenvalue weighted by Crippen LogP contribution is 2.30. The lowest BCUT2D eigenvalue weighted by Crippen LogP contribution is -2.19. The van der Waals surface area contributed by atoms with Crippen LogP contribution in [-0.4, -0.2) is 28.1 Å². The number of ether oxygens (including phenoxy) is 1. The fourth-order valence-electron chi connectivity index (χ4n) is 2.77. The minimum Gasteiger partial charge on any atom is -0.489 e. The molecule has 0 spiro atoms. The minimum absolute atomic E-state index is 0.208. The van der Waals surface area contributed by atoms with E-state index in [0.29, 0.717) is 6.61 Å². The van der Waals surface area contributed by atoms with E-state index in [2.05, 4.69) is 20.7 Å². The normalized spacial score (nSPS) is 11.0. The number of carbonyl (C=O) groups excluding carboxylic acids is 1. The first-order valence-corrected chi connectivity index (χ1v) is 13.7. The van der Waals surface area contributed by atoms with E-state index in [1.807, 2.05) is 78.9 Å². The third-order valence-corrected chi connectivity index (χ3v) is 8.03. The van der Waals surface area contributed by atoms with Crippen molar-refractivity contribution in [2.45, 2.75) is 21.0 Å². The van der Waals surface area contributed by atoms with Crippen molar-refractivity contribution in [2.24, 2.45) is 5.10 Å². The third kappa shape index (κ3) is 8.70.